The van der Waals surface area contributed by atoms with E-state index in [-0.39, 0.29) is 12.1 Å². The normalized spacial score (nSPS) is 13.5. The Labute approximate surface area is 134 Å². The molecule has 0 saturated heterocycles. The molecule has 0 bridgehead atoms. The summed E-state index contributed by atoms with van der Waals surface area (Å²) < 4.78 is 10.3. The summed E-state index contributed by atoms with van der Waals surface area (Å²) in [6.07, 6.45) is 0.489. The fourth-order valence-electron chi connectivity index (χ4n) is 1.60. The maximum Gasteiger partial charge on any atom is 0.410 e. The van der Waals surface area contributed by atoms with Crippen molar-refractivity contribution in [3.63, 3.8) is 0 Å². The summed E-state index contributed by atoms with van der Waals surface area (Å²) in [5, 5.41) is 6.34. The average molecular weight is 316 g/mol. The second-order valence-electron chi connectivity index (χ2n) is 6.15. The molecule has 0 saturated carbocycles. The minimum absolute atomic E-state index is 0.0689. The largest absolute Gasteiger partial charge is 0.444 e. The third kappa shape index (κ3) is 9.44. The highest BCUT2D eigenvalue weighted by molar-refractivity contribution is 5.79. The molecular weight excluding hydrogens is 284 g/mol. The molecule has 0 aromatic rings. The third-order valence-corrected chi connectivity index (χ3v) is 3.02. The predicted octanol–water partition coefficient (Wildman–Crippen LogP) is 1.44. The number of hydrogen-bond acceptors (Lipinski definition) is 4. The Morgan fingerprint density at radius 2 is 1.86 bits per heavy atom. The van der Waals surface area contributed by atoms with Crippen LogP contribution in [0, 0.1) is 0 Å². The maximum atomic E-state index is 12.0. The van der Waals surface area contributed by atoms with E-state index in [4.69, 9.17) is 9.47 Å². The van der Waals surface area contributed by atoms with Crippen molar-refractivity contribution in [3.05, 3.63) is 0 Å². The molecule has 7 heteroatoms. The van der Waals surface area contributed by atoms with Crippen LogP contribution in [0.15, 0.2) is 4.99 Å². The smallest absolute Gasteiger partial charge is 0.410 e. The second kappa shape index (κ2) is 10.3. The van der Waals surface area contributed by atoms with Crippen LogP contribution in [0.2, 0.25) is 0 Å². The first-order chi connectivity index (χ1) is 10.2. The lowest BCUT2D eigenvalue weighted by molar-refractivity contribution is 0.0230. The first-order valence-corrected chi connectivity index (χ1v) is 7.60. The van der Waals surface area contributed by atoms with Gasteiger partial charge in [-0.15, -0.1) is 0 Å². The Morgan fingerprint density at radius 3 is 2.36 bits per heavy atom. The van der Waals surface area contributed by atoms with Crippen molar-refractivity contribution in [3.8, 4) is 0 Å². The van der Waals surface area contributed by atoms with Gasteiger partial charge in [-0.1, -0.05) is 0 Å². The molecule has 0 rings (SSSR count). The van der Waals surface area contributed by atoms with E-state index < -0.39 is 5.60 Å². The first kappa shape index (κ1) is 20.5. The molecule has 0 aliphatic heterocycles. The predicted molar refractivity (Wildman–Crippen MR) is 89.3 cm³/mol. The molecule has 0 aliphatic carbocycles. The van der Waals surface area contributed by atoms with Gasteiger partial charge in [0.15, 0.2) is 5.96 Å². The van der Waals surface area contributed by atoms with Gasteiger partial charge in [0.05, 0.1) is 6.61 Å². The van der Waals surface area contributed by atoms with Crippen LogP contribution in [-0.2, 0) is 9.47 Å². The van der Waals surface area contributed by atoms with Crippen molar-refractivity contribution in [2.24, 2.45) is 4.99 Å². The second-order valence-corrected chi connectivity index (χ2v) is 6.15. The molecule has 0 aromatic carbocycles. The lowest BCUT2D eigenvalue weighted by Gasteiger charge is -2.28. The fourth-order valence-corrected chi connectivity index (χ4v) is 1.60. The summed E-state index contributed by atoms with van der Waals surface area (Å²) in [7, 11) is 5.13. The van der Waals surface area contributed by atoms with Crippen LogP contribution in [-0.4, -0.2) is 69.5 Å². The number of ether oxygens (including phenoxy) is 2. The molecule has 2 N–H and O–H groups in total. The van der Waals surface area contributed by atoms with E-state index in [0.29, 0.717) is 19.7 Å². The van der Waals surface area contributed by atoms with E-state index in [1.54, 1.807) is 26.1 Å². The zero-order valence-corrected chi connectivity index (χ0v) is 15.0. The highest BCUT2D eigenvalue weighted by Crippen LogP contribution is 2.11. The lowest BCUT2D eigenvalue weighted by atomic mass is 10.2. The number of methoxy groups -OCH3 is 1. The van der Waals surface area contributed by atoms with E-state index in [1.165, 1.54) is 0 Å². The summed E-state index contributed by atoms with van der Waals surface area (Å²) in [5.74, 6) is 0.726. The number of nitrogens with zero attached hydrogens (tertiary/aromatic N) is 2. The number of nitrogens with one attached hydrogen (secondary N) is 2. The Bertz CT molecular complexity index is 353. The van der Waals surface area contributed by atoms with E-state index in [1.807, 2.05) is 27.7 Å². The number of aliphatic imine (C=N–C) groups is 1. The zero-order valence-electron chi connectivity index (χ0n) is 15.0. The molecule has 7 nitrogen and oxygen atoms in total. The standard InChI is InChI=1S/C15H32N4O3/c1-12(19(6)14(20)22-15(2,3)4)8-9-17-13(16-5)18-10-11-21-7/h12H,8-11H2,1-7H3,(H2,16,17,18). The fraction of sp³-hybridized carbons (Fsp3) is 0.867. The first-order valence-electron chi connectivity index (χ1n) is 7.60. The molecule has 130 valence electrons. The SMILES string of the molecule is CN=C(NCCOC)NCCC(C)N(C)C(=O)OC(C)(C)C. The van der Waals surface area contributed by atoms with Gasteiger partial charge < -0.3 is 25.0 Å². The van der Waals surface area contributed by atoms with Gasteiger partial charge >= 0.3 is 6.09 Å². The van der Waals surface area contributed by atoms with Gasteiger partial charge in [-0.2, -0.15) is 0 Å². The maximum absolute atomic E-state index is 12.0. The highest BCUT2D eigenvalue weighted by Gasteiger charge is 2.22. The summed E-state index contributed by atoms with van der Waals surface area (Å²) >= 11 is 0. The van der Waals surface area contributed by atoms with Gasteiger partial charge in [-0.25, -0.2) is 4.79 Å². The van der Waals surface area contributed by atoms with Crippen LogP contribution >= 0.6 is 0 Å². The number of guanidine groups is 1. The minimum Gasteiger partial charge on any atom is -0.444 e. The lowest BCUT2D eigenvalue weighted by Crippen LogP contribution is -2.43. The van der Waals surface area contributed by atoms with Crippen LogP contribution in [0.4, 0.5) is 4.79 Å². The number of carbonyl (C=O) groups is 1. The summed E-state index contributed by atoms with van der Waals surface area (Å²) in [6.45, 7) is 9.61. The highest BCUT2D eigenvalue weighted by atomic mass is 16.6. The minimum atomic E-state index is -0.476. The van der Waals surface area contributed by atoms with E-state index in [9.17, 15) is 4.79 Å². The molecule has 22 heavy (non-hydrogen) atoms. The van der Waals surface area contributed by atoms with Crippen molar-refractivity contribution in [2.45, 2.75) is 45.8 Å². The summed E-state index contributed by atoms with van der Waals surface area (Å²) in [5.41, 5.74) is -0.476. The van der Waals surface area contributed by atoms with Crippen molar-refractivity contribution < 1.29 is 14.3 Å². The van der Waals surface area contributed by atoms with Crippen LogP contribution in [0.5, 0.6) is 0 Å². The van der Waals surface area contributed by atoms with Crippen molar-refractivity contribution in [2.75, 3.05) is 40.9 Å². The van der Waals surface area contributed by atoms with E-state index in [2.05, 4.69) is 15.6 Å². The Morgan fingerprint density at radius 1 is 1.27 bits per heavy atom. The molecule has 0 radical (unpaired) electrons. The van der Waals surface area contributed by atoms with Crippen LogP contribution in [0.3, 0.4) is 0 Å². The van der Waals surface area contributed by atoms with E-state index >= 15 is 0 Å². The molecule has 0 fully saturated rings. The summed E-state index contributed by atoms with van der Waals surface area (Å²) in [4.78, 5) is 17.7. The van der Waals surface area contributed by atoms with Gasteiger partial charge in [-0.05, 0) is 34.1 Å². The summed E-state index contributed by atoms with van der Waals surface area (Å²) in [6, 6.07) is 0.0689. The van der Waals surface area contributed by atoms with Crippen molar-refractivity contribution in [1.29, 1.82) is 0 Å². The van der Waals surface area contributed by atoms with Gasteiger partial charge in [-0.3, -0.25) is 4.99 Å². The molecule has 0 heterocycles. The van der Waals surface area contributed by atoms with Crippen molar-refractivity contribution >= 4 is 12.1 Å². The van der Waals surface area contributed by atoms with Gasteiger partial charge in [0.1, 0.15) is 5.60 Å². The molecule has 0 spiro atoms. The molecule has 1 amide bonds. The third-order valence-electron chi connectivity index (χ3n) is 3.02. The van der Waals surface area contributed by atoms with Crippen LogP contribution in [0.1, 0.15) is 34.1 Å². The topological polar surface area (TPSA) is 75.2 Å². The molecule has 1 atom stereocenters. The van der Waals surface area contributed by atoms with Gasteiger partial charge in [0.2, 0.25) is 0 Å². The average Bonchev–Trinajstić information content (AvgIpc) is 2.42. The molecule has 0 aliphatic rings. The van der Waals surface area contributed by atoms with Gasteiger partial charge in [0, 0.05) is 40.3 Å². The number of carbonyl (C=O) groups excluding carboxylic acids is 1. The number of amides is 1. The number of rotatable bonds is 7. The molecule has 0 aromatic heterocycles. The Balaban J connectivity index is 4.10. The Kier molecular flexibility index (Phi) is 9.56. The molecular formula is C15H32N4O3. The van der Waals surface area contributed by atoms with Crippen molar-refractivity contribution in [1.82, 2.24) is 15.5 Å². The molecule has 1 unspecified atom stereocenters. The van der Waals surface area contributed by atoms with Crippen LogP contribution < -0.4 is 10.6 Å². The Hall–Kier alpha value is -1.50. The van der Waals surface area contributed by atoms with E-state index in [0.717, 1.165) is 12.4 Å². The quantitative estimate of drug-likeness (QED) is 0.422. The zero-order chi connectivity index (χ0) is 17.2. The van der Waals surface area contributed by atoms with Gasteiger partial charge in [0.25, 0.3) is 0 Å². The monoisotopic (exact) mass is 316 g/mol. The van der Waals surface area contributed by atoms with Crippen LogP contribution in [0.25, 0.3) is 0 Å². The number of hydrogen-bond donors (Lipinski definition) is 2.